The van der Waals surface area contributed by atoms with Crippen LogP contribution in [-0.4, -0.2) is 10.5 Å². The maximum atomic E-state index is 13.4. The molecule has 0 bridgehead atoms. The van der Waals surface area contributed by atoms with E-state index >= 15 is 0 Å². The highest BCUT2D eigenvalue weighted by molar-refractivity contribution is 7.15. The summed E-state index contributed by atoms with van der Waals surface area (Å²) in [6.07, 6.45) is 2.46. The molecule has 0 radical (unpaired) electrons. The fourth-order valence-electron chi connectivity index (χ4n) is 2.26. The molecule has 112 valence electrons. The monoisotopic (exact) mass is 304 g/mol. The normalized spacial score (nSPS) is 15.4. The summed E-state index contributed by atoms with van der Waals surface area (Å²) >= 11 is 1.69. The average molecular weight is 304 g/mol. The van der Waals surface area contributed by atoms with E-state index in [9.17, 15) is 4.39 Å². The molecule has 0 atom stereocenters. The molecule has 1 heterocycles. The summed E-state index contributed by atoms with van der Waals surface area (Å²) < 4.78 is 13.4. The van der Waals surface area contributed by atoms with Gasteiger partial charge in [-0.1, -0.05) is 12.1 Å². The fourth-order valence-corrected chi connectivity index (χ4v) is 3.34. The molecule has 1 N–H and O–H groups in total. The predicted octanol–water partition coefficient (Wildman–Crippen LogP) is 4.71. The molecule has 1 aliphatic carbocycles. The largest absolute Gasteiger partial charge is 0.307 e. The van der Waals surface area contributed by atoms with Crippen LogP contribution in [0.5, 0.6) is 0 Å². The van der Waals surface area contributed by atoms with Crippen LogP contribution in [0, 0.1) is 5.82 Å². The van der Waals surface area contributed by atoms with E-state index in [2.05, 4.69) is 26.1 Å². The SMILES string of the molecule is CC(C)(C)NCc1sc(-c2cccc(F)c2)nc1C1CC1. The number of nitrogens with zero attached hydrogens (tertiary/aromatic N) is 1. The molecule has 0 saturated heterocycles. The Bertz CT molecular complexity index is 638. The van der Waals surface area contributed by atoms with Gasteiger partial charge in [-0.2, -0.15) is 0 Å². The molecular weight excluding hydrogens is 283 g/mol. The van der Waals surface area contributed by atoms with Crippen LogP contribution < -0.4 is 5.32 Å². The van der Waals surface area contributed by atoms with Crippen molar-refractivity contribution in [2.24, 2.45) is 0 Å². The van der Waals surface area contributed by atoms with E-state index in [1.807, 2.05) is 6.07 Å². The summed E-state index contributed by atoms with van der Waals surface area (Å²) in [4.78, 5) is 6.09. The molecular formula is C17H21FN2S. The third-order valence-corrected chi connectivity index (χ3v) is 4.66. The molecule has 1 aliphatic rings. The highest BCUT2D eigenvalue weighted by Gasteiger charge is 2.30. The number of hydrogen-bond donors (Lipinski definition) is 1. The zero-order valence-electron chi connectivity index (χ0n) is 12.7. The van der Waals surface area contributed by atoms with E-state index in [-0.39, 0.29) is 11.4 Å². The number of benzene rings is 1. The van der Waals surface area contributed by atoms with E-state index in [1.54, 1.807) is 23.5 Å². The van der Waals surface area contributed by atoms with Crippen LogP contribution in [0.15, 0.2) is 24.3 Å². The van der Waals surface area contributed by atoms with Gasteiger partial charge in [0.05, 0.1) is 5.69 Å². The van der Waals surface area contributed by atoms with Gasteiger partial charge in [0.1, 0.15) is 10.8 Å². The van der Waals surface area contributed by atoms with Gasteiger partial charge < -0.3 is 5.32 Å². The van der Waals surface area contributed by atoms with Gasteiger partial charge in [-0.3, -0.25) is 0 Å². The van der Waals surface area contributed by atoms with E-state index in [0.29, 0.717) is 5.92 Å². The lowest BCUT2D eigenvalue weighted by atomic mass is 10.1. The number of aromatic nitrogens is 1. The second-order valence-electron chi connectivity index (χ2n) is 6.72. The first kappa shape index (κ1) is 14.7. The minimum absolute atomic E-state index is 0.0871. The first-order chi connectivity index (χ1) is 9.92. The number of nitrogens with one attached hydrogen (secondary N) is 1. The molecule has 1 aromatic carbocycles. The van der Waals surface area contributed by atoms with Crippen LogP contribution in [-0.2, 0) is 6.54 Å². The minimum atomic E-state index is -0.204. The summed E-state index contributed by atoms with van der Waals surface area (Å²) in [5, 5.41) is 4.47. The van der Waals surface area contributed by atoms with Crippen LogP contribution in [0.1, 0.15) is 50.1 Å². The van der Waals surface area contributed by atoms with Crippen LogP contribution in [0.4, 0.5) is 4.39 Å². The van der Waals surface area contributed by atoms with Crippen molar-refractivity contribution in [1.29, 1.82) is 0 Å². The number of halogens is 1. The Morgan fingerprint density at radius 1 is 1.33 bits per heavy atom. The highest BCUT2D eigenvalue weighted by Crippen LogP contribution is 2.44. The van der Waals surface area contributed by atoms with Crippen molar-refractivity contribution >= 4 is 11.3 Å². The van der Waals surface area contributed by atoms with Crippen molar-refractivity contribution < 1.29 is 4.39 Å². The zero-order chi connectivity index (χ0) is 15.0. The Morgan fingerprint density at radius 3 is 2.71 bits per heavy atom. The molecule has 1 saturated carbocycles. The number of rotatable bonds is 4. The highest BCUT2D eigenvalue weighted by atomic mass is 32.1. The van der Waals surface area contributed by atoms with Crippen molar-refractivity contribution in [3.63, 3.8) is 0 Å². The van der Waals surface area contributed by atoms with Gasteiger partial charge in [0.15, 0.2) is 0 Å². The Hall–Kier alpha value is -1.26. The average Bonchev–Trinajstić information content (AvgIpc) is 3.15. The van der Waals surface area contributed by atoms with Gasteiger partial charge in [-0.15, -0.1) is 11.3 Å². The van der Waals surface area contributed by atoms with Crippen molar-refractivity contribution in [2.45, 2.75) is 51.6 Å². The van der Waals surface area contributed by atoms with Crippen molar-refractivity contribution in [1.82, 2.24) is 10.3 Å². The van der Waals surface area contributed by atoms with Crippen molar-refractivity contribution in [3.8, 4) is 10.6 Å². The van der Waals surface area contributed by atoms with Gasteiger partial charge in [0.2, 0.25) is 0 Å². The zero-order valence-corrected chi connectivity index (χ0v) is 13.6. The minimum Gasteiger partial charge on any atom is -0.307 e. The standard InChI is InChI=1S/C17H21FN2S/c1-17(2,3)19-10-14-15(11-7-8-11)20-16(21-14)12-5-4-6-13(18)9-12/h4-6,9,11,19H,7-8,10H2,1-3H3. The van der Waals surface area contributed by atoms with E-state index in [4.69, 9.17) is 4.98 Å². The first-order valence-electron chi connectivity index (χ1n) is 7.43. The topological polar surface area (TPSA) is 24.9 Å². The summed E-state index contributed by atoms with van der Waals surface area (Å²) in [7, 11) is 0. The number of thiazole rings is 1. The summed E-state index contributed by atoms with van der Waals surface area (Å²) in [5.74, 6) is 0.408. The van der Waals surface area contributed by atoms with Crippen LogP contribution in [0.25, 0.3) is 10.6 Å². The molecule has 1 fully saturated rings. The van der Waals surface area contributed by atoms with Crippen molar-refractivity contribution in [2.75, 3.05) is 0 Å². The molecule has 3 rings (SSSR count). The second-order valence-corrected chi connectivity index (χ2v) is 7.80. The van der Waals surface area contributed by atoms with E-state index in [1.165, 1.54) is 29.5 Å². The van der Waals surface area contributed by atoms with Crippen LogP contribution >= 0.6 is 11.3 Å². The number of hydrogen-bond acceptors (Lipinski definition) is 3. The molecule has 0 spiro atoms. The quantitative estimate of drug-likeness (QED) is 0.884. The second kappa shape index (κ2) is 5.50. The molecule has 1 aromatic heterocycles. The Balaban J connectivity index is 1.89. The molecule has 0 amide bonds. The summed E-state index contributed by atoms with van der Waals surface area (Å²) in [6.45, 7) is 7.33. The Kier molecular flexibility index (Phi) is 3.84. The Labute approximate surface area is 129 Å². The third-order valence-electron chi connectivity index (χ3n) is 3.54. The third kappa shape index (κ3) is 3.69. The van der Waals surface area contributed by atoms with E-state index < -0.39 is 0 Å². The van der Waals surface area contributed by atoms with Gasteiger partial charge in [-0.05, 0) is 45.7 Å². The molecule has 0 unspecified atom stereocenters. The molecule has 2 aromatic rings. The van der Waals surface area contributed by atoms with Crippen molar-refractivity contribution in [3.05, 3.63) is 40.7 Å². The molecule has 2 nitrogen and oxygen atoms in total. The van der Waals surface area contributed by atoms with E-state index in [0.717, 1.165) is 17.1 Å². The lowest BCUT2D eigenvalue weighted by molar-refractivity contribution is 0.425. The summed E-state index contributed by atoms with van der Waals surface area (Å²) in [5.41, 5.74) is 2.18. The van der Waals surface area contributed by atoms with Crippen LogP contribution in [0.3, 0.4) is 0 Å². The molecule has 0 aliphatic heterocycles. The smallest absolute Gasteiger partial charge is 0.124 e. The van der Waals surface area contributed by atoms with Gasteiger partial charge >= 0.3 is 0 Å². The molecule has 21 heavy (non-hydrogen) atoms. The van der Waals surface area contributed by atoms with Gasteiger partial charge in [0, 0.05) is 28.4 Å². The maximum Gasteiger partial charge on any atom is 0.124 e. The van der Waals surface area contributed by atoms with Gasteiger partial charge in [-0.25, -0.2) is 9.37 Å². The molecule has 4 heteroatoms. The Morgan fingerprint density at radius 2 is 2.10 bits per heavy atom. The summed E-state index contributed by atoms with van der Waals surface area (Å²) in [6, 6.07) is 6.72. The fraction of sp³-hybridized carbons (Fsp3) is 0.471. The van der Waals surface area contributed by atoms with Crippen LogP contribution in [0.2, 0.25) is 0 Å². The lowest BCUT2D eigenvalue weighted by Gasteiger charge is -2.20. The van der Waals surface area contributed by atoms with Gasteiger partial charge in [0.25, 0.3) is 0 Å². The first-order valence-corrected chi connectivity index (χ1v) is 8.24. The maximum absolute atomic E-state index is 13.4. The predicted molar refractivity (Wildman–Crippen MR) is 86.1 cm³/mol. The lowest BCUT2D eigenvalue weighted by Crippen LogP contribution is -2.35.